The lowest BCUT2D eigenvalue weighted by Gasteiger charge is -2.14. The van der Waals surface area contributed by atoms with Gasteiger partial charge in [-0.1, -0.05) is 48.5 Å². The van der Waals surface area contributed by atoms with E-state index in [1.165, 1.54) is 22.3 Å². The molecule has 1 aliphatic rings. The van der Waals surface area contributed by atoms with E-state index in [1.54, 1.807) is 6.92 Å². The molecule has 0 saturated carbocycles. The first kappa shape index (κ1) is 41.3. The van der Waals surface area contributed by atoms with Gasteiger partial charge in [0.2, 0.25) is 0 Å². The molecule has 13 nitrogen and oxygen atoms in total. The van der Waals surface area contributed by atoms with Gasteiger partial charge in [0.15, 0.2) is 0 Å². The predicted octanol–water partition coefficient (Wildman–Crippen LogP) is 4.00. The van der Waals surface area contributed by atoms with Crippen LogP contribution in [-0.4, -0.2) is 138 Å². The van der Waals surface area contributed by atoms with Crippen molar-refractivity contribution >= 4 is 12.1 Å². The van der Waals surface area contributed by atoms with E-state index in [-0.39, 0.29) is 18.3 Å². The molecule has 0 radical (unpaired) electrons. The highest BCUT2D eigenvalue weighted by molar-refractivity contribution is 5.79. The van der Waals surface area contributed by atoms with E-state index < -0.39 is 6.09 Å². The van der Waals surface area contributed by atoms with Crippen LogP contribution in [-0.2, 0) is 52.2 Å². The summed E-state index contributed by atoms with van der Waals surface area (Å²) in [6.45, 7) is 10.4. The average Bonchev–Trinajstić information content (AvgIpc) is 3.45. The van der Waals surface area contributed by atoms with Crippen LogP contribution in [0.5, 0.6) is 0 Å². The Morgan fingerprint density at radius 2 is 0.940 bits per heavy atom. The Bertz CT molecular complexity index is 1140. The zero-order valence-corrected chi connectivity index (χ0v) is 29.4. The Kier molecular flexibility index (Phi) is 22.8. The van der Waals surface area contributed by atoms with Crippen molar-refractivity contribution in [2.75, 3.05) is 125 Å². The number of alkyl carbamates (subject to hydrolysis) is 1. The second-order valence-corrected chi connectivity index (χ2v) is 11.1. The van der Waals surface area contributed by atoms with Crippen LogP contribution in [0.1, 0.15) is 36.8 Å². The molecule has 0 saturated heterocycles. The van der Waals surface area contributed by atoms with Crippen LogP contribution in [0.2, 0.25) is 0 Å². The summed E-state index contributed by atoms with van der Waals surface area (Å²) in [7, 11) is 0. The second-order valence-electron chi connectivity index (χ2n) is 11.1. The number of fused-ring (bicyclic) bond motifs is 3. The number of hydrogen-bond acceptors (Lipinski definition) is 12. The van der Waals surface area contributed by atoms with Crippen molar-refractivity contribution in [3.8, 4) is 11.1 Å². The minimum atomic E-state index is -0.418. The van der Waals surface area contributed by atoms with Crippen molar-refractivity contribution < 1.29 is 57.0 Å². The van der Waals surface area contributed by atoms with Crippen molar-refractivity contribution in [1.29, 1.82) is 0 Å². The van der Waals surface area contributed by atoms with Gasteiger partial charge in [-0.3, -0.25) is 4.79 Å². The van der Waals surface area contributed by atoms with Gasteiger partial charge in [-0.25, -0.2) is 4.79 Å². The molecule has 13 heteroatoms. The van der Waals surface area contributed by atoms with Gasteiger partial charge in [0.05, 0.1) is 112 Å². The number of nitrogens with one attached hydrogen (secondary N) is 1. The molecule has 2 aromatic rings. The number of esters is 1. The standard InChI is InChI=1S/C37H55NO12/c1-2-49-36(39)12-15-42-17-19-44-21-23-46-25-27-48-29-28-47-26-24-45-22-20-43-18-16-41-14-7-13-38-37(40)50-30-35-33-10-5-3-8-31(33)32-9-4-6-11-34(32)35/h3-6,8-11,35H,2,7,12-30H2,1H3,(H,38,40). The fourth-order valence-corrected chi connectivity index (χ4v) is 5.04. The van der Waals surface area contributed by atoms with Crippen molar-refractivity contribution in [2.24, 2.45) is 0 Å². The zero-order valence-electron chi connectivity index (χ0n) is 29.4. The van der Waals surface area contributed by atoms with Gasteiger partial charge < -0.3 is 52.7 Å². The topological polar surface area (TPSA) is 138 Å². The minimum Gasteiger partial charge on any atom is -0.466 e. The molecule has 1 aliphatic carbocycles. The fraction of sp³-hybridized carbons (Fsp3) is 0.622. The number of benzene rings is 2. The summed E-state index contributed by atoms with van der Waals surface area (Å²) in [4.78, 5) is 23.4. The molecule has 0 atom stereocenters. The molecular weight excluding hydrogens is 650 g/mol. The van der Waals surface area contributed by atoms with Crippen LogP contribution in [0.3, 0.4) is 0 Å². The number of amides is 1. The third kappa shape index (κ3) is 17.7. The first-order chi connectivity index (χ1) is 24.7. The number of hydrogen-bond donors (Lipinski definition) is 1. The van der Waals surface area contributed by atoms with E-state index >= 15 is 0 Å². The molecule has 280 valence electrons. The van der Waals surface area contributed by atoms with Gasteiger partial charge in [-0.2, -0.15) is 0 Å². The van der Waals surface area contributed by atoms with E-state index in [1.807, 2.05) is 24.3 Å². The first-order valence-electron chi connectivity index (χ1n) is 17.6. The molecule has 0 spiro atoms. The highest BCUT2D eigenvalue weighted by Gasteiger charge is 2.28. The highest BCUT2D eigenvalue weighted by Crippen LogP contribution is 2.44. The monoisotopic (exact) mass is 705 g/mol. The largest absolute Gasteiger partial charge is 0.466 e. The zero-order chi connectivity index (χ0) is 35.3. The Morgan fingerprint density at radius 3 is 1.38 bits per heavy atom. The Balaban J connectivity index is 0.978. The van der Waals surface area contributed by atoms with Crippen LogP contribution >= 0.6 is 0 Å². The molecule has 0 fully saturated rings. The van der Waals surface area contributed by atoms with Crippen molar-refractivity contribution in [3.63, 3.8) is 0 Å². The lowest BCUT2D eigenvalue weighted by atomic mass is 9.98. The fourth-order valence-electron chi connectivity index (χ4n) is 5.04. The quantitative estimate of drug-likeness (QED) is 0.0897. The van der Waals surface area contributed by atoms with E-state index in [2.05, 4.69) is 29.6 Å². The maximum absolute atomic E-state index is 12.2. The maximum atomic E-state index is 12.2. The smallest absolute Gasteiger partial charge is 0.407 e. The third-order valence-electron chi connectivity index (χ3n) is 7.44. The van der Waals surface area contributed by atoms with E-state index in [0.717, 1.165) is 0 Å². The van der Waals surface area contributed by atoms with Crippen LogP contribution in [0.25, 0.3) is 11.1 Å². The third-order valence-corrected chi connectivity index (χ3v) is 7.44. The number of rotatable bonds is 31. The summed E-state index contributed by atoms with van der Waals surface area (Å²) < 4.78 is 54.1. The molecule has 0 heterocycles. The van der Waals surface area contributed by atoms with Crippen LogP contribution in [0.15, 0.2) is 48.5 Å². The SMILES string of the molecule is CCOC(=O)CCOCCOCCOCCOCCOCCOCCOCCOCCCNC(=O)OCC1c2ccccc2-c2ccccc21. The predicted molar refractivity (Wildman–Crippen MR) is 185 cm³/mol. The number of carbonyl (C=O) groups is 2. The molecule has 1 N–H and O–H groups in total. The van der Waals surface area contributed by atoms with Gasteiger partial charge in [0.25, 0.3) is 0 Å². The highest BCUT2D eigenvalue weighted by atomic mass is 16.6. The normalized spacial score (nSPS) is 12.1. The Hall–Kier alpha value is -3.14. The molecule has 2 aromatic carbocycles. The van der Waals surface area contributed by atoms with Gasteiger partial charge in [-0.05, 0) is 35.6 Å². The molecule has 3 rings (SSSR count). The lowest BCUT2D eigenvalue weighted by molar-refractivity contribution is -0.144. The average molecular weight is 706 g/mol. The van der Waals surface area contributed by atoms with E-state index in [0.29, 0.717) is 132 Å². The molecule has 50 heavy (non-hydrogen) atoms. The van der Waals surface area contributed by atoms with Crippen LogP contribution in [0, 0.1) is 0 Å². The van der Waals surface area contributed by atoms with Crippen LogP contribution in [0.4, 0.5) is 4.79 Å². The minimum absolute atomic E-state index is 0.0484. The van der Waals surface area contributed by atoms with Crippen molar-refractivity contribution in [3.05, 3.63) is 59.7 Å². The number of carbonyl (C=O) groups excluding carboxylic acids is 2. The summed E-state index contributed by atoms with van der Waals surface area (Å²) in [6.07, 6.45) is 0.517. The molecular formula is C37H55NO12. The van der Waals surface area contributed by atoms with Crippen LogP contribution < -0.4 is 5.32 Å². The van der Waals surface area contributed by atoms with Crippen molar-refractivity contribution in [2.45, 2.75) is 25.7 Å². The summed E-state index contributed by atoms with van der Waals surface area (Å²) in [5.74, 6) is -0.206. The summed E-state index contributed by atoms with van der Waals surface area (Å²) in [6, 6.07) is 16.6. The second kappa shape index (κ2) is 27.6. The molecule has 1 amide bonds. The Labute approximate surface area is 296 Å². The van der Waals surface area contributed by atoms with E-state index in [4.69, 9.17) is 47.4 Å². The summed E-state index contributed by atoms with van der Waals surface area (Å²) >= 11 is 0. The van der Waals surface area contributed by atoms with Crippen molar-refractivity contribution in [1.82, 2.24) is 5.32 Å². The molecule has 0 aromatic heterocycles. The molecule has 0 unspecified atom stereocenters. The number of ether oxygens (including phenoxy) is 10. The lowest BCUT2D eigenvalue weighted by Crippen LogP contribution is -2.27. The van der Waals surface area contributed by atoms with Gasteiger partial charge in [0.1, 0.15) is 6.61 Å². The summed E-state index contributed by atoms with van der Waals surface area (Å²) in [5, 5.41) is 2.80. The summed E-state index contributed by atoms with van der Waals surface area (Å²) in [5.41, 5.74) is 4.80. The molecule has 0 aliphatic heterocycles. The molecule has 0 bridgehead atoms. The Morgan fingerprint density at radius 1 is 0.540 bits per heavy atom. The van der Waals surface area contributed by atoms with Gasteiger partial charge in [-0.15, -0.1) is 0 Å². The first-order valence-corrected chi connectivity index (χ1v) is 17.6. The van der Waals surface area contributed by atoms with Gasteiger partial charge >= 0.3 is 12.1 Å². The van der Waals surface area contributed by atoms with E-state index in [9.17, 15) is 9.59 Å². The maximum Gasteiger partial charge on any atom is 0.407 e. The van der Waals surface area contributed by atoms with Gasteiger partial charge in [0, 0.05) is 19.1 Å².